The third kappa shape index (κ3) is 6.40. The fourth-order valence-corrected chi connectivity index (χ4v) is 5.46. The summed E-state index contributed by atoms with van der Waals surface area (Å²) in [5.41, 5.74) is 2.79. The van der Waals surface area contributed by atoms with Crippen molar-refractivity contribution in [3.05, 3.63) is 53.1 Å². The van der Waals surface area contributed by atoms with Crippen molar-refractivity contribution in [2.45, 2.75) is 36.5 Å². The van der Waals surface area contributed by atoms with Crippen LogP contribution in [-0.2, 0) is 26.1 Å². The summed E-state index contributed by atoms with van der Waals surface area (Å²) in [7, 11) is -7.47. The molecule has 1 heterocycles. The average Bonchev–Trinajstić information content (AvgIpc) is 3.05. The van der Waals surface area contributed by atoms with Gasteiger partial charge in [0.15, 0.2) is 19.7 Å². The van der Waals surface area contributed by atoms with Crippen LogP contribution in [0.15, 0.2) is 46.2 Å². The minimum Gasteiger partial charge on any atom is -0.337 e. The number of carbonyl (C=O) groups excluding carboxylic acids is 2. The summed E-state index contributed by atoms with van der Waals surface area (Å²) in [6, 6.07) is 9.08. The zero-order chi connectivity index (χ0) is 26.0. The van der Waals surface area contributed by atoms with Crippen LogP contribution in [-0.4, -0.2) is 77.3 Å². The highest BCUT2D eigenvalue weighted by Gasteiger charge is 2.26. The smallest absolute Gasteiger partial charge is 0.321 e. The summed E-state index contributed by atoms with van der Waals surface area (Å²) in [5.74, 6) is -0.477. The van der Waals surface area contributed by atoms with E-state index in [-0.39, 0.29) is 34.5 Å². The average molecular weight is 522 g/mol. The molecule has 11 heteroatoms. The van der Waals surface area contributed by atoms with E-state index in [2.05, 4.69) is 5.32 Å². The summed E-state index contributed by atoms with van der Waals surface area (Å²) >= 11 is 0. The molecule has 0 bridgehead atoms. The predicted molar refractivity (Wildman–Crippen MR) is 134 cm³/mol. The highest BCUT2D eigenvalue weighted by atomic mass is 32.2. The zero-order valence-corrected chi connectivity index (χ0v) is 22.0. The molecule has 3 amide bonds. The molecular weight excluding hydrogens is 490 g/mol. The second-order valence-electron chi connectivity index (χ2n) is 8.76. The third-order valence-corrected chi connectivity index (χ3v) is 8.21. The van der Waals surface area contributed by atoms with E-state index in [1.807, 2.05) is 32.0 Å². The Bertz CT molecular complexity index is 1300. The number of nitrogens with one attached hydrogen (secondary N) is 1. The Hall–Kier alpha value is -2.92. The number of anilines is 1. The third-order valence-electron chi connectivity index (χ3n) is 6.03. The molecule has 0 radical (unpaired) electrons. The van der Waals surface area contributed by atoms with Crippen molar-refractivity contribution in [1.29, 1.82) is 0 Å². The molecule has 0 spiro atoms. The number of rotatable bonds is 5. The van der Waals surface area contributed by atoms with E-state index in [1.54, 1.807) is 4.90 Å². The van der Waals surface area contributed by atoms with Gasteiger partial charge in [-0.2, -0.15) is 0 Å². The van der Waals surface area contributed by atoms with Crippen LogP contribution in [0, 0.1) is 6.92 Å². The summed E-state index contributed by atoms with van der Waals surface area (Å²) in [5, 5.41) is 3.00. The van der Waals surface area contributed by atoms with E-state index < -0.39 is 25.6 Å². The molecule has 35 heavy (non-hydrogen) atoms. The molecule has 1 fully saturated rings. The molecule has 0 aromatic heterocycles. The molecule has 9 nitrogen and oxygen atoms in total. The van der Waals surface area contributed by atoms with Gasteiger partial charge in [-0.05, 0) is 49.1 Å². The maximum atomic E-state index is 13.2. The Morgan fingerprint density at radius 3 is 2.03 bits per heavy atom. The number of nitrogens with zero attached hydrogens (tertiary/aromatic N) is 2. The number of benzene rings is 2. The zero-order valence-electron chi connectivity index (χ0n) is 20.4. The minimum absolute atomic E-state index is 0.0150. The first-order chi connectivity index (χ1) is 16.3. The standard InChI is InChI=1S/C24H31N3O6S2/c1-5-18-9-6-8-17(2)22(18)25-24(29)27-11-7-10-26(12-13-27)23(28)19-14-20(34(3,30)31)16-21(15-19)35(4,32)33/h6,8-9,14-16H,5,7,10-13H2,1-4H3,(H,25,29). The number of hydrogen-bond acceptors (Lipinski definition) is 6. The molecule has 1 aliphatic heterocycles. The second-order valence-corrected chi connectivity index (χ2v) is 12.8. The van der Waals surface area contributed by atoms with Crippen molar-refractivity contribution in [3.8, 4) is 0 Å². The molecule has 1 saturated heterocycles. The van der Waals surface area contributed by atoms with Crippen molar-refractivity contribution in [2.24, 2.45) is 0 Å². The normalized spacial score (nSPS) is 15.0. The molecule has 0 saturated carbocycles. The number of amides is 3. The van der Waals surface area contributed by atoms with Crippen molar-refractivity contribution in [1.82, 2.24) is 9.80 Å². The molecule has 3 rings (SSSR count). The highest BCUT2D eigenvalue weighted by Crippen LogP contribution is 2.23. The number of sulfone groups is 2. The van der Waals surface area contributed by atoms with Gasteiger partial charge in [-0.15, -0.1) is 0 Å². The second kappa shape index (κ2) is 10.4. The first kappa shape index (κ1) is 26.7. The van der Waals surface area contributed by atoms with E-state index in [1.165, 1.54) is 17.0 Å². The molecule has 1 aliphatic rings. The lowest BCUT2D eigenvalue weighted by molar-refractivity contribution is 0.0762. The fourth-order valence-electron chi connectivity index (χ4n) is 4.02. The van der Waals surface area contributed by atoms with Gasteiger partial charge in [0.25, 0.3) is 5.91 Å². The number of urea groups is 1. The molecule has 190 valence electrons. The van der Waals surface area contributed by atoms with Gasteiger partial charge in [0.05, 0.1) is 9.79 Å². The monoisotopic (exact) mass is 521 g/mol. The Kier molecular flexibility index (Phi) is 7.90. The Morgan fingerprint density at radius 1 is 0.886 bits per heavy atom. The SMILES string of the molecule is CCc1cccc(C)c1NC(=O)N1CCCN(C(=O)c2cc(S(C)(=O)=O)cc(S(C)(=O)=O)c2)CC1. The molecular formula is C24H31N3O6S2. The van der Waals surface area contributed by atoms with Gasteiger partial charge in [-0.25, -0.2) is 21.6 Å². The van der Waals surface area contributed by atoms with Gasteiger partial charge in [0.2, 0.25) is 0 Å². The van der Waals surface area contributed by atoms with Gasteiger partial charge < -0.3 is 15.1 Å². The van der Waals surface area contributed by atoms with Crippen molar-refractivity contribution in [2.75, 3.05) is 44.0 Å². The molecule has 0 atom stereocenters. The van der Waals surface area contributed by atoms with Gasteiger partial charge in [0, 0.05) is 49.9 Å². The van der Waals surface area contributed by atoms with Crippen LogP contribution in [0.4, 0.5) is 10.5 Å². The highest BCUT2D eigenvalue weighted by molar-refractivity contribution is 7.91. The summed E-state index contributed by atoms with van der Waals surface area (Å²) in [6.45, 7) is 5.28. The molecule has 1 N–H and O–H groups in total. The Balaban J connectivity index is 1.79. The Morgan fingerprint density at radius 2 is 1.46 bits per heavy atom. The van der Waals surface area contributed by atoms with E-state index in [4.69, 9.17) is 0 Å². The molecule has 0 aliphatic carbocycles. The van der Waals surface area contributed by atoms with Gasteiger partial charge in [-0.3, -0.25) is 4.79 Å². The first-order valence-corrected chi connectivity index (χ1v) is 15.1. The lowest BCUT2D eigenvalue weighted by Crippen LogP contribution is -2.39. The number of para-hydroxylation sites is 1. The predicted octanol–water partition coefficient (Wildman–Crippen LogP) is 2.74. The molecule has 2 aromatic carbocycles. The van der Waals surface area contributed by atoms with Crippen molar-refractivity contribution >= 4 is 37.3 Å². The summed E-state index contributed by atoms with van der Waals surface area (Å²) < 4.78 is 48.3. The van der Waals surface area contributed by atoms with Crippen LogP contribution in [0.3, 0.4) is 0 Å². The first-order valence-electron chi connectivity index (χ1n) is 11.3. The summed E-state index contributed by atoms with van der Waals surface area (Å²) in [4.78, 5) is 28.9. The van der Waals surface area contributed by atoms with Crippen LogP contribution in [0.5, 0.6) is 0 Å². The fraction of sp³-hybridized carbons (Fsp3) is 0.417. The van der Waals surface area contributed by atoms with Crippen molar-refractivity contribution in [3.63, 3.8) is 0 Å². The largest absolute Gasteiger partial charge is 0.337 e. The number of aryl methyl sites for hydroxylation is 2. The van der Waals surface area contributed by atoms with E-state index in [0.717, 1.165) is 41.8 Å². The number of hydrogen-bond donors (Lipinski definition) is 1. The van der Waals surface area contributed by atoms with Gasteiger partial charge in [0.1, 0.15) is 0 Å². The lowest BCUT2D eigenvalue weighted by Gasteiger charge is -2.24. The van der Waals surface area contributed by atoms with Crippen LogP contribution in [0.2, 0.25) is 0 Å². The van der Waals surface area contributed by atoms with E-state index in [9.17, 15) is 26.4 Å². The van der Waals surface area contributed by atoms with Crippen LogP contribution >= 0.6 is 0 Å². The van der Waals surface area contributed by atoms with Crippen LogP contribution in [0.25, 0.3) is 0 Å². The maximum absolute atomic E-state index is 13.2. The van der Waals surface area contributed by atoms with E-state index in [0.29, 0.717) is 19.5 Å². The van der Waals surface area contributed by atoms with Crippen LogP contribution < -0.4 is 5.32 Å². The minimum atomic E-state index is -3.74. The molecule has 0 unspecified atom stereocenters. The number of carbonyl (C=O) groups is 2. The van der Waals surface area contributed by atoms with Gasteiger partial charge in [-0.1, -0.05) is 25.1 Å². The van der Waals surface area contributed by atoms with Gasteiger partial charge >= 0.3 is 6.03 Å². The quantitative estimate of drug-likeness (QED) is 0.646. The van der Waals surface area contributed by atoms with Crippen LogP contribution in [0.1, 0.15) is 34.8 Å². The van der Waals surface area contributed by atoms with E-state index >= 15 is 0 Å². The van der Waals surface area contributed by atoms with Crippen molar-refractivity contribution < 1.29 is 26.4 Å². The lowest BCUT2D eigenvalue weighted by atomic mass is 10.1. The topological polar surface area (TPSA) is 121 Å². The maximum Gasteiger partial charge on any atom is 0.321 e. The molecule has 2 aromatic rings. The Labute approximate surface area is 207 Å². The summed E-state index contributed by atoms with van der Waals surface area (Å²) in [6.07, 6.45) is 3.23.